The molecule has 96 heavy (non-hydrogen) atoms. The first kappa shape index (κ1) is 94.1. The SMILES string of the molecule is CCCCCCCCCCCCCCCCCCCC(=O)OC[C@H](COP(=O)(O)OC[C@@H](O)COP(=O)(O)OC[C@@H](COC(=O)CCCCCCCCCCCC)OC(=O)CCCCCCCCCCCC(C)C)OC(=O)CCCCCCCCCCCCCCCCC(C)C. The van der Waals surface area contributed by atoms with Gasteiger partial charge in [-0.3, -0.25) is 37.3 Å². The Morgan fingerprint density at radius 3 is 0.708 bits per heavy atom. The fraction of sp³-hybridized carbons (Fsp3) is 0.948. The summed E-state index contributed by atoms with van der Waals surface area (Å²) in [4.78, 5) is 72.8. The molecule has 0 aromatic heterocycles. The van der Waals surface area contributed by atoms with Crippen LogP contribution in [0.4, 0.5) is 0 Å². The number of ether oxygens (including phenoxy) is 4. The maximum atomic E-state index is 13.1. The number of aliphatic hydroxyl groups is 1. The molecule has 3 N–H and O–H groups in total. The van der Waals surface area contributed by atoms with E-state index >= 15 is 0 Å². The third-order valence-electron chi connectivity index (χ3n) is 18.0. The molecule has 2 unspecified atom stereocenters. The Hall–Kier alpha value is -1.94. The van der Waals surface area contributed by atoms with Crippen LogP contribution in [-0.4, -0.2) is 96.7 Å². The second kappa shape index (κ2) is 68.8. The lowest BCUT2D eigenvalue weighted by Gasteiger charge is -2.21. The van der Waals surface area contributed by atoms with Gasteiger partial charge in [0.25, 0.3) is 0 Å². The highest BCUT2D eigenvalue weighted by Gasteiger charge is 2.30. The Morgan fingerprint density at radius 2 is 0.479 bits per heavy atom. The molecule has 0 heterocycles. The van der Waals surface area contributed by atoms with Gasteiger partial charge in [0.1, 0.15) is 19.3 Å². The minimum absolute atomic E-state index is 0.106. The minimum Gasteiger partial charge on any atom is -0.462 e. The Balaban J connectivity index is 5.24. The van der Waals surface area contributed by atoms with E-state index in [-0.39, 0.29) is 25.7 Å². The molecule has 0 saturated carbocycles. The molecule has 0 amide bonds. The highest BCUT2D eigenvalue weighted by Crippen LogP contribution is 2.45. The molecule has 0 aliphatic heterocycles. The van der Waals surface area contributed by atoms with Crippen LogP contribution in [0.1, 0.15) is 401 Å². The first-order valence-corrected chi connectivity index (χ1v) is 43.0. The molecule has 0 aromatic rings. The van der Waals surface area contributed by atoms with E-state index in [0.29, 0.717) is 25.7 Å². The summed E-state index contributed by atoms with van der Waals surface area (Å²) >= 11 is 0. The number of esters is 4. The van der Waals surface area contributed by atoms with Gasteiger partial charge in [0.2, 0.25) is 0 Å². The summed E-state index contributed by atoms with van der Waals surface area (Å²) in [5.41, 5.74) is 0. The molecule has 0 aromatic carbocycles. The fourth-order valence-corrected chi connectivity index (χ4v) is 13.4. The fourth-order valence-electron chi connectivity index (χ4n) is 11.8. The molecule has 0 aliphatic rings. The lowest BCUT2D eigenvalue weighted by atomic mass is 10.0. The van der Waals surface area contributed by atoms with Crippen molar-refractivity contribution in [1.29, 1.82) is 0 Å². The second-order valence-electron chi connectivity index (χ2n) is 28.7. The number of phosphoric acid groups is 2. The molecule has 5 atom stereocenters. The van der Waals surface area contributed by atoms with Crippen molar-refractivity contribution in [1.82, 2.24) is 0 Å². The van der Waals surface area contributed by atoms with E-state index < -0.39 is 97.5 Å². The number of hydrogen-bond acceptors (Lipinski definition) is 15. The first-order valence-electron chi connectivity index (χ1n) is 40.0. The predicted octanol–water partition coefficient (Wildman–Crippen LogP) is 22.7. The Labute approximate surface area is 588 Å². The Bertz CT molecular complexity index is 1860. The average Bonchev–Trinajstić information content (AvgIpc) is 1.31. The quantitative estimate of drug-likeness (QED) is 0.0222. The van der Waals surface area contributed by atoms with E-state index in [1.165, 1.54) is 218 Å². The lowest BCUT2D eigenvalue weighted by molar-refractivity contribution is -0.161. The van der Waals surface area contributed by atoms with Crippen LogP contribution in [0.3, 0.4) is 0 Å². The number of rotatable bonds is 76. The molecule has 0 rings (SSSR count). The van der Waals surface area contributed by atoms with E-state index in [1.807, 2.05) is 0 Å². The van der Waals surface area contributed by atoms with Crippen LogP contribution in [0.5, 0.6) is 0 Å². The summed E-state index contributed by atoms with van der Waals surface area (Å²) in [5.74, 6) is -0.582. The standard InChI is InChI=1S/C77H150O17P2/c1-7-9-11-13-15-17-19-20-21-22-23-27-30-36-42-48-54-60-75(80)88-66-72(93-76(81)61-55-49-43-37-31-28-25-24-26-29-33-39-45-51-57-69(3)4)67-91-95(83,84)89-63-71(78)64-90-96(85,86)92-68-73(65-87-74(79)59-53-47-41-35-18-16-14-12-10-8-2)94-77(82)62-56-50-44-38-32-34-40-46-52-58-70(5)6/h69-73,78H,7-68H2,1-6H3,(H,83,84)(H,85,86)/t71-,72-,73-/m1/s1. The van der Waals surface area contributed by atoms with Gasteiger partial charge < -0.3 is 33.8 Å². The topological polar surface area (TPSA) is 237 Å². The van der Waals surface area contributed by atoms with E-state index in [0.717, 1.165) is 102 Å². The zero-order chi connectivity index (χ0) is 70.7. The normalized spacial score (nSPS) is 14.0. The minimum atomic E-state index is -4.96. The lowest BCUT2D eigenvalue weighted by Crippen LogP contribution is -2.30. The zero-order valence-electron chi connectivity index (χ0n) is 62.7. The molecule has 17 nitrogen and oxygen atoms in total. The molecule has 0 spiro atoms. The van der Waals surface area contributed by atoms with Crippen molar-refractivity contribution in [2.45, 2.75) is 419 Å². The van der Waals surface area contributed by atoms with Crippen LogP contribution in [-0.2, 0) is 65.4 Å². The van der Waals surface area contributed by atoms with Crippen molar-refractivity contribution < 1.29 is 80.2 Å². The van der Waals surface area contributed by atoms with Crippen molar-refractivity contribution in [3.8, 4) is 0 Å². The van der Waals surface area contributed by atoms with Crippen LogP contribution >= 0.6 is 15.6 Å². The van der Waals surface area contributed by atoms with Crippen LogP contribution in [0.15, 0.2) is 0 Å². The maximum Gasteiger partial charge on any atom is 0.472 e. The smallest absolute Gasteiger partial charge is 0.462 e. The van der Waals surface area contributed by atoms with Gasteiger partial charge in [-0.25, -0.2) is 9.13 Å². The number of aliphatic hydroxyl groups excluding tert-OH is 1. The van der Waals surface area contributed by atoms with Gasteiger partial charge >= 0.3 is 39.5 Å². The largest absolute Gasteiger partial charge is 0.472 e. The highest BCUT2D eigenvalue weighted by atomic mass is 31.2. The zero-order valence-corrected chi connectivity index (χ0v) is 64.5. The number of carbonyl (C=O) groups excluding carboxylic acids is 4. The summed E-state index contributed by atoms with van der Waals surface area (Å²) in [6.07, 6.45) is 56.8. The molecule has 0 bridgehead atoms. The number of phosphoric ester groups is 2. The van der Waals surface area contributed by atoms with Crippen LogP contribution < -0.4 is 0 Å². The van der Waals surface area contributed by atoms with Crippen LogP contribution in [0, 0.1) is 11.8 Å². The van der Waals surface area contributed by atoms with E-state index in [9.17, 15) is 43.2 Å². The Kier molecular flexibility index (Phi) is 67.4. The van der Waals surface area contributed by atoms with Crippen LogP contribution in [0.25, 0.3) is 0 Å². The van der Waals surface area contributed by atoms with E-state index in [2.05, 4.69) is 41.5 Å². The summed E-state index contributed by atoms with van der Waals surface area (Å²) in [5, 5.41) is 10.6. The summed E-state index contributed by atoms with van der Waals surface area (Å²) < 4.78 is 68.6. The van der Waals surface area contributed by atoms with Gasteiger partial charge in [0.15, 0.2) is 12.2 Å². The van der Waals surface area contributed by atoms with Crippen molar-refractivity contribution in [2.24, 2.45) is 11.8 Å². The molecule has 0 saturated heterocycles. The number of hydrogen-bond donors (Lipinski definition) is 3. The van der Waals surface area contributed by atoms with Crippen molar-refractivity contribution in [3.05, 3.63) is 0 Å². The first-order chi connectivity index (χ1) is 46.4. The molecule has 0 aliphatic carbocycles. The highest BCUT2D eigenvalue weighted by molar-refractivity contribution is 7.47. The maximum absolute atomic E-state index is 13.1. The molecular formula is C77H150O17P2. The van der Waals surface area contributed by atoms with Crippen molar-refractivity contribution in [3.63, 3.8) is 0 Å². The predicted molar refractivity (Wildman–Crippen MR) is 391 cm³/mol. The Morgan fingerprint density at radius 1 is 0.281 bits per heavy atom. The van der Waals surface area contributed by atoms with E-state index in [4.69, 9.17) is 37.0 Å². The molecule has 0 radical (unpaired) electrons. The van der Waals surface area contributed by atoms with Gasteiger partial charge in [-0.1, -0.05) is 350 Å². The molecule has 570 valence electrons. The van der Waals surface area contributed by atoms with E-state index in [1.54, 1.807) is 0 Å². The molecular weight excluding hydrogens is 1260 g/mol. The average molecular weight is 1410 g/mol. The van der Waals surface area contributed by atoms with Gasteiger partial charge in [-0.2, -0.15) is 0 Å². The van der Waals surface area contributed by atoms with Crippen molar-refractivity contribution >= 4 is 39.5 Å². The van der Waals surface area contributed by atoms with Gasteiger partial charge in [-0.15, -0.1) is 0 Å². The molecule has 19 heteroatoms. The third kappa shape index (κ3) is 70.5. The number of unbranched alkanes of at least 4 members (excludes halogenated alkanes) is 46. The number of carbonyl (C=O) groups is 4. The summed E-state index contributed by atoms with van der Waals surface area (Å²) in [6.45, 7) is 9.60. The second-order valence-corrected chi connectivity index (χ2v) is 31.6. The van der Waals surface area contributed by atoms with Gasteiger partial charge in [0, 0.05) is 25.7 Å². The third-order valence-corrected chi connectivity index (χ3v) is 19.9. The monoisotopic (exact) mass is 1410 g/mol. The van der Waals surface area contributed by atoms with Crippen molar-refractivity contribution in [2.75, 3.05) is 39.6 Å². The molecule has 0 fully saturated rings. The summed E-state index contributed by atoms with van der Waals surface area (Å²) in [6, 6.07) is 0. The summed E-state index contributed by atoms with van der Waals surface area (Å²) in [7, 11) is -9.91. The van der Waals surface area contributed by atoms with Gasteiger partial charge in [0.05, 0.1) is 26.4 Å². The van der Waals surface area contributed by atoms with Crippen LogP contribution in [0.2, 0.25) is 0 Å². The van der Waals surface area contributed by atoms with Gasteiger partial charge in [-0.05, 0) is 37.5 Å².